The fourth-order valence-corrected chi connectivity index (χ4v) is 4.41. The van der Waals surface area contributed by atoms with Crippen LogP contribution in [-0.2, 0) is 16.1 Å². The van der Waals surface area contributed by atoms with Crippen LogP contribution < -0.4 is 14.8 Å². The molecule has 6 heteroatoms. The molecule has 160 valence electrons. The summed E-state index contributed by atoms with van der Waals surface area (Å²) >= 11 is 0. The van der Waals surface area contributed by atoms with Crippen molar-refractivity contribution in [2.75, 3.05) is 13.7 Å². The average Bonchev–Trinajstić information content (AvgIpc) is 3.00. The number of rotatable bonds is 7. The minimum atomic E-state index is -0.814. The zero-order valence-electron chi connectivity index (χ0n) is 18.1. The first-order chi connectivity index (χ1) is 13.9. The SMILES string of the molecule is CCOc1ccc(CN2C(=O)CC[C@]2(C)C(=O)NC2CCC(C)CC2)cc1OC. The number of carbonyl (C=O) groups is 2. The zero-order chi connectivity index (χ0) is 21.0. The van der Waals surface area contributed by atoms with E-state index in [1.165, 1.54) is 0 Å². The highest BCUT2D eigenvalue weighted by molar-refractivity contribution is 5.94. The molecule has 0 unspecified atom stereocenters. The molecule has 0 aromatic heterocycles. The van der Waals surface area contributed by atoms with E-state index in [4.69, 9.17) is 9.47 Å². The summed E-state index contributed by atoms with van der Waals surface area (Å²) in [5, 5.41) is 3.23. The maximum atomic E-state index is 13.2. The van der Waals surface area contributed by atoms with Crippen LogP contribution in [0.15, 0.2) is 18.2 Å². The largest absolute Gasteiger partial charge is 0.493 e. The van der Waals surface area contributed by atoms with Gasteiger partial charge in [0.15, 0.2) is 11.5 Å². The van der Waals surface area contributed by atoms with E-state index in [9.17, 15) is 9.59 Å². The first kappa shape index (κ1) is 21.5. The molecule has 2 amide bonds. The van der Waals surface area contributed by atoms with Gasteiger partial charge in [-0.3, -0.25) is 9.59 Å². The zero-order valence-corrected chi connectivity index (χ0v) is 18.1. The highest BCUT2D eigenvalue weighted by Crippen LogP contribution is 2.35. The molecule has 0 spiro atoms. The van der Waals surface area contributed by atoms with Crippen molar-refractivity contribution in [1.29, 1.82) is 0 Å². The quantitative estimate of drug-likeness (QED) is 0.756. The summed E-state index contributed by atoms with van der Waals surface area (Å²) in [6, 6.07) is 5.90. The Morgan fingerprint density at radius 3 is 2.62 bits per heavy atom. The third-order valence-corrected chi connectivity index (χ3v) is 6.43. The van der Waals surface area contributed by atoms with Crippen molar-refractivity contribution in [1.82, 2.24) is 10.2 Å². The van der Waals surface area contributed by atoms with Crippen LogP contribution in [0.1, 0.15) is 64.9 Å². The first-order valence-corrected chi connectivity index (χ1v) is 10.8. The van der Waals surface area contributed by atoms with Crippen LogP contribution in [0.3, 0.4) is 0 Å². The average molecular weight is 403 g/mol. The molecule has 2 aliphatic rings. The van der Waals surface area contributed by atoms with E-state index in [2.05, 4.69) is 12.2 Å². The van der Waals surface area contributed by atoms with Crippen LogP contribution >= 0.6 is 0 Å². The summed E-state index contributed by atoms with van der Waals surface area (Å²) in [5.74, 6) is 2.04. The number of hydrogen-bond acceptors (Lipinski definition) is 4. The summed E-state index contributed by atoms with van der Waals surface area (Å²) in [6.07, 6.45) is 5.29. The molecule has 0 radical (unpaired) electrons. The van der Waals surface area contributed by atoms with Gasteiger partial charge in [0.1, 0.15) is 5.54 Å². The third kappa shape index (κ3) is 4.68. The standard InChI is InChI=1S/C23H34N2O4/c1-5-29-19-11-8-17(14-20(19)28-4)15-25-21(26)12-13-23(25,3)22(27)24-18-9-6-16(2)7-10-18/h8,11,14,16,18H,5-7,9-10,12-13,15H2,1-4H3,(H,24,27)/t16?,18?,23-/m1/s1. The Morgan fingerprint density at radius 2 is 1.97 bits per heavy atom. The van der Waals surface area contributed by atoms with E-state index in [0.717, 1.165) is 37.2 Å². The highest BCUT2D eigenvalue weighted by atomic mass is 16.5. The van der Waals surface area contributed by atoms with Gasteiger partial charge in [0.25, 0.3) is 0 Å². The summed E-state index contributed by atoms with van der Waals surface area (Å²) in [5.41, 5.74) is 0.109. The predicted molar refractivity (Wildman–Crippen MR) is 112 cm³/mol. The van der Waals surface area contributed by atoms with E-state index < -0.39 is 5.54 Å². The molecular weight excluding hydrogens is 368 g/mol. The summed E-state index contributed by atoms with van der Waals surface area (Å²) in [4.78, 5) is 27.5. The topological polar surface area (TPSA) is 67.9 Å². The van der Waals surface area contributed by atoms with Gasteiger partial charge in [-0.2, -0.15) is 0 Å². The molecular formula is C23H34N2O4. The van der Waals surface area contributed by atoms with Gasteiger partial charge in [-0.25, -0.2) is 0 Å². The molecule has 1 saturated heterocycles. The summed E-state index contributed by atoms with van der Waals surface area (Å²) in [6.45, 7) is 7.02. The van der Waals surface area contributed by atoms with Crippen LogP contribution in [0, 0.1) is 5.92 Å². The first-order valence-electron chi connectivity index (χ1n) is 10.8. The minimum absolute atomic E-state index is 0.0211. The second-order valence-corrected chi connectivity index (χ2v) is 8.60. The molecule has 0 bridgehead atoms. The number of nitrogens with one attached hydrogen (secondary N) is 1. The molecule has 1 aliphatic heterocycles. The molecule has 1 saturated carbocycles. The van der Waals surface area contributed by atoms with Gasteiger partial charge in [-0.15, -0.1) is 0 Å². The second-order valence-electron chi connectivity index (χ2n) is 8.60. The van der Waals surface area contributed by atoms with Crippen molar-refractivity contribution >= 4 is 11.8 Å². The maximum Gasteiger partial charge on any atom is 0.245 e. The van der Waals surface area contributed by atoms with Crippen molar-refractivity contribution in [3.63, 3.8) is 0 Å². The summed E-state index contributed by atoms with van der Waals surface area (Å²) in [7, 11) is 1.60. The number of likely N-dealkylation sites (tertiary alicyclic amines) is 1. The Balaban J connectivity index is 1.73. The summed E-state index contributed by atoms with van der Waals surface area (Å²) < 4.78 is 11.0. The fourth-order valence-electron chi connectivity index (χ4n) is 4.41. The van der Waals surface area contributed by atoms with E-state index in [-0.39, 0.29) is 17.9 Å². The Bertz CT molecular complexity index is 742. The number of ether oxygens (including phenoxy) is 2. The third-order valence-electron chi connectivity index (χ3n) is 6.43. The highest BCUT2D eigenvalue weighted by Gasteiger charge is 2.47. The van der Waals surface area contributed by atoms with E-state index in [1.54, 1.807) is 12.0 Å². The van der Waals surface area contributed by atoms with Crippen LogP contribution in [0.2, 0.25) is 0 Å². The van der Waals surface area contributed by atoms with Gasteiger partial charge < -0.3 is 19.7 Å². The Labute approximate surface area is 173 Å². The number of nitrogens with zero attached hydrogens (tertiary/aromatic N) is 1. The van der Waals surface area contributed by atoms with Gasteiger partial charge in [0, 0.05) is 19.0 Å². The molecule has 3 rings (SSSR count). The van der Waals surface area contributed by atoms with Gasteiger partial charge in [-0.1, -0.05) is 13.0 Å². The number of amides is 2. The van der Waals surface area contributed by atoms with Crippen LogP contribution in [0.4, 0.5) is 0 Å². The minimum Gasteiger partial charge on any atom is -0.493 e. The molecule has 29 heavy (non-hydrogen) atoms. The second kappa shape index (κ2) is 9.06. The molecule has 1 aliphatic carbocycles. The lowest BCUT2D eigenvalue weighted by atomic mass is 9.86. The normalized spacial score (nSPS) is 27.0. The van der Waals surface area contributed by atoms with Crippen molar-refractivity contribution < 1.29 is 19.1 Å². The monoisotopic (exact) mass is 402 g/mol. The smallest absolute Gasteiger partial charge is 0.245 e. The molecule has 1 aromatic rings. The fraction of sp³-hybridized carbons (Fsp3) is 0.652. The number of hydrogen-bond donors (Lipinski definition) is 1. The van der Waals surface area contributed by atoms with Gasteiger partial charge in [0.2, 0.25) is 11.8 Å². The Kier molecular flexibility index (Phi) is 6.70. The van der Waals surface area contributed by atoms with E-state index >= 15 is 0 Å². The lowest BCUT2D eigenvalue weighted by molar-refractivity contribution is -0.141. The molecule has 1 heterocycles. The van der Waals surface area contributed by atoms with Crippen LogP contribution in [0.5, 0.6) is 11.5 Å². The lowest BCUT2D eigenvalue weighted by Crippen LogP contribution is -2.56. The van der Waals surface area contributed by atoms with Crippen LogP contribution in [0.25, 0.3) is 0 Å². The molecule has 2 fully saturated rings. The van der Waals surface area contributed by atoms with Gasteiger partial charge in [-0.05, 0) is 69.6 Å². The van der Waals surface area contributed by atoms with E-state index in [0.29, 0.717) is 37.5 Å². The molecule has 1 aromatic carbocycles. The lowest BCUT2D eigenvalue weighted by Gasteiger charge is -2.36. The number of benzene rings is 1. The number of carbonyl (C=O) groups excluding carboxylic acids is 2. The Morgan fingerprint density at radius 1 is 1.24 bits per heavy atom. The maximum absolute atomic E-state index is 13.2. The molecule has 6 nitrogen and oxygen atoms in total. The van der Waals surface area contributed by atoms with Gasteiger partial charge >= 0.3 is 0 Å². The predicted octanol–water partition coefficient (Wildman–Crippen LogP) is 3.67. The van der Waals surface area contributed by atoms with Crippen molar-refractivity contribution in [2.45, 2.75) is 77.4 Å². The molecule has 1 N–H and O–H groups in total. The van der Waals surface area contributed by atoms with Crippen LogP contribution in [-0.4, -0.2) is 42.0 Å². The molecule has 1 atom stereocenters. The van der Waals surface area contributed by atoms with Crippen molar-refractivity contribution in [3.8, 4) is 11.5 Å². The van der Waals surface area contributed by atoms with E-state index in [1.807, 2.05) is 32.0 Å². The Hall–Kier alpha value is -2.24. The van der Waals surface area contributed by atoms with Gasteiger partial charge in [0.05, 0.1) is 13.7 Å². The van der Waals surface area contributed by atoms with Crippen molar-refractivity contribution in [2.24, 2.45) is 5.92 Å². The number of methoxy groups -OCH3 is 1. The van der Waals surface area contributed by atoms with Crippen molar-refractivity contribution in [3.05, 3.63) is 23.8 Å².